The zero-order valence-electron chi connectivity index (χ0n) is 10.1. The molecule has 0 aliphatic rings. The lowest BCUT2D eigenvalue weighted by molar-refractivity contribution is 0.269. The third-order valence-corrected chi connectivity index (χ3v) is 3.21. The van der Waals surface area contributed by atoms with Crippen molar-refractivity contribution in [3.05, 3.63) is 71.8 Å². The molecule has 0 unspecified atom stereocenters. The average Bonchev–Trinajstić information content (AvgIpc) is 2.47. The van der Waals surface area contributed by atoms with Crippen LogP contribution in [-0.4, -0.2) is 11.7 Å². The molecule has 0 aliphatic carbocycles. The van der Waals surface area contributed by atoms with Gasteiger partial charge >= 0.3 is 0 Å². The lowest BCUT2D eigenvalue weighted by atomic mass is 9.73. The number of hydrogen-bond acceptors (Lipinski definition) is 2. The number of nitrogens with zero attached hydrogens (tertiary/aromatic N) is 1. The Morgan fingerprint density at radius 3 is 1.67 bits per heavy atom. The highest BCUT2D eigenvalue weighted by atomic mass is 16.3. The fourth-order valence-corrected chi connectivity index (χ4v) is 2.25. The van der Waals surface area contributed by atoms with E-state index in [1.807, 2.05) is 60.7 Å². The first-order valence-corrected chi connectivity index (χ1v) is 5.96. The SMILES string of the molecule is N#CC(CCO)(c1ccccc1)c1ccccc1. The van der Waals surface area contributed by atoms with Crippen LogP contribution in [0.2, 0.25) is 0 Å². The minimum Gasteiger partial charge on any atom is -0.396 e. The summed E-state index contributed by atoms with van der Waals surface area (Å²) in [6.07, 6.45) is 0.400. The van der Waals surface area contributed by atoms with Crippen LogP contribution in [0.15, 0.2) is 60.7 Å². The van der Waals surface area contributed by atoms with E-state index in [0.29, 0.717) is 6.42 Å². The Bertz CT molecular complexity index is 489. The molecular formula is C16H15NO. The molecule has 0 radical (unpaired) electrons. The van der Waals surface area contributed by atoms with Crippen molar-refractivity contribution in [1.82, 2.24) is 0 Å². The fourth-order valence-electron chi connectivity index (χ4n) is 2.25. The Morgan fingerprint density at radius 2 is 1.33 bits per heavy atom. The summed E-state index contributed by atoms with van der Waals surface area (Å²) in [4.78, 5) is 0. The van der Waals surface area contributed by atoms with Gasteiger partial charge < -0.3 is 5.11 Å². The normalized spacial score (nSPS) is 10.9. The van der Waals surface area contributed by atoms with Gasteiger partial charge in [-0.2, -0.15) is 5.26 Å². The van der Waals surface area contributed by atoms with Crippen LogP contribution in [0.4, 0.5) is 0 Å². The summed E-state index contributed by atoms with van der Waals surface area (Å²) < 4.78 is 0. The molecule has 0 bridgehead atoms. The number of benzene rings is 2. The van der Waals surface area contributed by atoms with E-state index in [4.69, 9.17) is 0 Å². The zero-order valence-corrected chi connectivity index (χ0v) is 10.1. The summed E-state index contributed by atoms with van der Waals surface area (Å²) in [7, 11) is 0. The molecule has 90 valence electrons. The number of rotatable bonds is 4. The molecule has 1 N–H and O–H groups in total. The maximum Gasteiger partial charge on any atom is 0.109 e. The molecule has 0 saturated carbocycles. The lowest BCUT2D eigenvalue weighted by Crippen LogP contribution is -2.27. The van der Waals surface area contributed by atoms with Crippen LogP contribution in [-0.2, 0) is 5.41 Å². The van der Waals surface area contributed by atoms with E-state index >= 15 is 0 Å². The van der Waals surface area contributed by atoms with Gasteiger partial charge in [0, 0.05) is 6.61 Å². The smallest absolute Gasteiger partial charge is 0.109 e. The molecular weight excluding hydrogens is 222 g/mol. The van der Waals surface area contributed by atoms with E-state index in [0.717, 1.165) is 11.1 Å². The van der Waals surface area contributed by atoms with Crippen molar-refractivity contribution >= 4 is 0 Å². The largest absolute Gasteiger partial charge is 0.396 e. The standard InChI is InChI=1S/C16H15NO/c17-13-16(11-12-18,14-7-3-1-4-8-14)15-9-5-2-6-10-15/h1-10,18H,11-12H2. The molecule has 0 aliphatic heterocycles. The Labute approximate surface area is 107 Å². The molecule has 0 fully saturated rings. The van der Waals surface area contributed by atoms with Gasteiger partial charge in [-0.25, -0.2) is 0 Å². The Balaban J connectivity index is 2.58. The second-order valence-electron chi connectivity index (χ2n) is 4.22. The fraction of sp³-hybridized carbons (Fsp3) is 0.188. The summed E-state index contributed by atoms with van der Waals surface area (Å²) in [5, 5.41) is 19.0. The molecule has 0 aromatic heterocycles. The summed E-state index contributed by atoms with van der Waals surface area (Å²) >= 11 is 0. The van der Waals surface area contributed by atoms with Crippen molar-refractivity contribution in [2.45, 2.75) is 11.8 Å². The quantitative estimate of drug-likeness (QED) is 0.888. The number of aliphatic hydroxyl groups is 1. The van der Waals surface area contributed by atoms with Gasteiger partial charge in [-0.05, 0) is 17.5 Å². The monoisotopic (exact) mass is 237 g/mol. The zero-order chi connectivity index (χ0) is 12.8. The Kier molecular flexibility index (Phi) is 3.76. The van der Waals surface area contributed by atoms with Crippen molar-refractivity contribution in [2.24, 2.45) is 0 Å². The highest BCUT2D eigenvalue weighted by Crippen LogP contribution is 2.34. The molecule has 0 saturated heterocycles. The first-order valence-electron chi connectivity index (χ1n) is 5.96. The maximum absolute atomic E-state index is 9.65. The van der Waals surface area contributed by atoms with E-state index < -0.39 is 5.41 Å². The van der Waals surface area contributed by atoms with Crippen LogP contribution in [0.25, 0.3) is 0 Å². The van der Waals surface area contributed by atoms with E-state index in [-0.39, 0.29) is 6.61 Å². The second-order valence-corrected chi connectivity index (χ2v) is 4.22. The van der Waals surface area contributed by atoms with E-state index in [9.17, 15) is 10.4 Å². The summed E-state index contributed by atoms with van der Waals surface area (Å²) in [5.74, 6) is 0. The molecule has 2 aromatic carbocycles. The molecule has 2 rings (SSSR count). The van der Waals surface area contributed by atoms with Crippen molar-refractivity contribution in [1.29, 1.82) is 5.26 Å². The molecule has 0 spiro atoms. The molecule has 0 heterocycles. The minimum atomic E-state index is -0.767. The Hall–Kier alpha value is -2.11. The van der Waals surface area contributed by atoms with Crippen molar-refractivity contribution in [3.8, 4) is 6.07 Å². The van der Waals surface area contributed by atoms with Crippen LogP contribution in [0.3, 0.4) is 0 Å². The van der Waals surface area contributed by atoms with E-state index in [2.05, 4.69) is 6.07 Å². The van der Waals surface area contributed by atoms with Gasteiger partial charge in [0.1, 0.15) is 5.41 Å². The molecule has 18 heavy (non-hydrogen) atoms. The van der Waals surface area contributed by atoms with E-state index in [1.165, 1.54) is 0 Å². The minimum absolute atomic E-state index is 0.0165. The predicted octanol–water partition coefficient (Wildman–Crippen LogP) is 2.88. The average molecular weight is 237 g/mol. The first kappa shape index (κ1) is 12.3. The van der Waals surface area contributed by atoms with Crippen LogP contribution < -0.4 is 0 Å². The lowest BCUT2D eigenvalue weighted by Gasteiger charge is -2.27. The summed E-state index contributed by atoms with van der Waals surface area (Å²) in [6.45, 7) is -0.0165. The highest BCUT2D eigenvalue weighted by Gasteiger charge is 2.33. The van der Waals surface area contributed by atoms with Crippen LogP contribution in [0, 0.1) is 11.3 Å². The third-order valence-electron chi connectivity index (χ3n) is 3.21. The van der Waals surface area contributed by atoms with Gasteiger partial charge in [-0.15, -0.1) is 0 Å². The predicted molar refractivity (Wildman–Crippen MR) is 71.0 cm³/mol. The number of hydrogen-bond donors (Lipinski definition) is 1. The van der Waals surface area contributed by atoms with Gasteiger partial charge in [0.25, 0.3) is 0 Å². The third kappa shape index (κ3) is 2.13. The van der Waals surface area contributed by atoms with Crippen molar-refractivity contribution < 1.29 is 5.11 Å². The molecule has 2 aromatic rings. The maximum atomic E-state index is 9.65. The molecule has 2 heteroatoms. The number of nitriles is 1. The summed E-state index contributed by atoms with van der Waals surface area (Å²) in [5.41, 5.74) is 1.08. The first-order chi connectivity index (χ1) is 8.83. The van der Waals surface area contributed by atoms with Gasteiger partial charge in [-0.3, -0.25) is 0 Å². The molecule has 0 atom stereocenters. The van der Waals surface area contributed by atoms with Crippen LogP contribution in [0.1, 0.15) is 17.5 Å². The molecule has 0 amide bonds. The van der Waals surface area contributed by atoms with Gasteiger partial charge in [0.2, 0.25) is 0 Å². The van der Waals surface area contributed by atoms with Crippen LogP contribution >= 0.6 is 0 Å². The van der Waals surface area contributed by atoms with Gasteiger partial charge in [-0.1, -0.05) is 60.7 Å². The van der Waals surface area contributed by atoms with Crippen LogP contribution in [0.5, 0.6) is 0 Å². The summed E-state index contributed by atoms with van der Waals surface area (Å²) in [6, 6.07) is 21.7. The van der Waals surface area contributed by atoms with Gasteiger partial charge in [0.05, 0.1) is 6.07 Å². The second kappa shape index (κ2) is 5.48. The van der Waals surface area contributed by atoms with Crippen molar-refractivity contribution in [2.75, 3.05) is 6.61 Å². The van der Waals surface area contributed by atoms with Gasteiger partial charge in [0.15, 0.2) is 0 Å². The van der Waals surface area contributed by atoms with Crippen molar-refractivity contribution in [3.63, 3.8) is 0 Å². The Morgan fingerprint density at radius 1 is 0.889 bits per heavy atom. The molecule has 2 nitrogen and oxygen atoms in total. The highest BCUT2D eigenvalue weighted by molar-refractivity contribution is 5.45. The topological polar surface area (TPSA) is 44.0 Å². The number of aliphatic hydroxyl groups excluding tert-OH is 1. The van der Waals surface area contributed by atoms with E-state index in [1.54, 1.807) is 0 Å².